The Morgan fingerprint density at radius 3 is 2.50 bits per heavy atom. The Labute approximate surface area is 121 Å². The molecule has 0 bridgehead atoms. The SMILES string of the molecule is COc1ccc(Cl)cc1C(Br)c1ccccc1C. The average molecular weight is 326 g/mol. The largest absolute Gasteiger partial charge is 0.496 e. The van der Waals surface area contributed by atoms with Crippen LogP contribution >= 0.6 is 27.5 Å². The Morgan fingerprint density at radius 2 is 1.83 bits per heavy atom. The number of hydrogen-bond acceptors (Lipinski definition) is 1. The number of alkyl halides is 1. The van der Waals surface area contributed by atoms with Gasteiger partial charge in [0.15, 0.2) is 0 Å². The Bertz CT molecular complexity index is 554. The van der Waals surface area contributed by atoms with Gasteiger partial charge in [-0.25, -0.2) is 0 Å². The van der Waals surface area contributed by atoms with Crippen molar-refractivity contribution in [2.24, 2.45) is 0 Å². The number of ether oxygens (including phenoxy) is 1. The molecule has 2 rings (SSSR count). The molecular formula is C15H14BrClO. The second-order valence-electron chi connectivity index (χ2n) is 4.11. The first-order valence-corrected chi connectivity index (χ1v) is 6.96. The van der Waals surface area contributed by atoms with Crippen LogP contribution in [0.3, 0.4) is 0 Å². The third-order valence-electron chi connectivity index (χ3n) is 2.93. The van der Waals surface area contributed by atoms with Crippen molar-refractivity contribution in [1.82, 2.24) is 0 Å². The summed E-state index contributed by atoms with van der Waals surface area (Å²) in [5.41, 5.74) is 3.50. The second-order valence-corrected chi connectivity index (χ2v) is 5.46. The first-order valence-electron chi connectivity index (χ1n) is 5.66. The molecule has 0 radical (unpaired) electrons. The Balaban J connectivity index is 2.48. The minimum absolute atomic E-state index is 0.0762. The van der Waals surface area contributed by atoms with Crippen molar-refractivity contribution < 1.29 is 4.74 Å². The van der Waals surface area contributed by atoms with Gasteiger partial charge in [-0.3, -0.25) is 0 Å². The summed E-state index contributed by atoms with van der Waals surface area (Å²) in [6, 6.07) is 13.9. The Kier molecular flexibility index (Phi) is 4.31. The molecule has 2 aromatic rings. The zero-order valence-electron chi connectivity index (χ0n) is 10.3. The number of rotatable bonds is 3. The highest BCUT2D eigenvalue weighted by molar-refractivity contribution is 9.09. The van der Waals surface area contributed by atoms with E-state index in [0.29, 0.717) is 5.02 Å². The van der Waals surface area contributed by atoms with Gasteiger partial charge in [0.25, 0.3) is 0 Å². The van der Waals surface area contributed by atoms with Gasteiger partial charge in [-0.2, -0.15) is 0 Å². The van der Waals surface area contributed by atoms with Crippen molar-refractivity contribution in [2.75, 3.05) is 7.11 Å². The molecule has 3 heteroatoms. The van der Waals surface area contributed by atoms with Crippen LogP contribution in [0.1, 0.15) is 21.5 Å². The maximum Gasteiger partial charge on any atom is 0.123 e. The zero-order valence-corrected chi connectivity index (χ0v) is 12.6. The van der Waals surface area contributed by atoms with Gasteiger partial charge in [-0.05, 0) is 36.2 Å². The quantitative estimate of drug-likeness (QED) is 0.710. The van der Waals surface area contributed by atoms with Crippen LogP contribution in [-0.2, 0) is 0 Å². The molecule has 1 unspecified atom stereocenters. The van der Waals surface area contributed by atoms with Gasteiger partial charge in [0, 0.05) is 10.6 Å². The van der Waals surface area contributed by atoms with Gasteiger partial charge in [0.05, 0.1) is 11.9 Å². The molecule has 2 aromatic carbocycles. The van der Waals surface area contributed by atoms with Gasteiger partial charge in [-0.1, -0.05) is 51.8 Å². The van der Waals surface area contributed by atoms with Crippen molar-refractivity contribution in [1.29, 1.82) is 0 Å². The smallest absolute Gasteiger partial charge is 0.123 e. The molecule has 0 aliphatic heterocycles. The van der Waals surface area contributed by atoms with E-state index in [1.54, 1.807) is 7.11 Å². The lowest BCUT2D eigenvalue weighted by Gasteiger charge is -2.17. The first kappa shape index (κ1) is 13.4. The van der Waals surface area contributed by atoms with Gasteiger partial charge in [0.2, 0.25) is 0 Å². The summed E-state index contributed by atoms with van der Waals surface area (Å²) in [6.07, 6.45) is 0. The van der Waals surface area contributed by atoms with Crippen LogP contribution in [0.5, 0.6) is 5.75 Å². The van der Waals surface area contributed by atoms with Crippen molar-refractivity contribution in [3.63, 3.8) is 0 Å². The third-order valence-corrected chi connectivity index (χ3v) is 4.15. The average Bonchev–Trinajstić information content (AvgIpc) is 2.38. The summed E-state index contributed by atoms with van der Waals surface area (Å²) in [4.78, 5) is 0.0762. The summed E-state index contributed by atoms with van der Waals surface area (Å²) >= 11 is 9.80. The molecule has 1 nitrogen and oxygen atoms in total. The highest BCUT2D eigenvalue weighted by Gasteiger charge is 2.17. The van der Waals surface area contributed by atoms with E-state index in [-0.39, 0.29) is 4.83 Å². The van der Waals surface area contributed by atoms with E-state index in [2.05, 4.69) is 35.0 Å². The van der Waals surface area contributed by atoms with Crippen LogP contribution in [0.2, 0.25) is 5.02 Å². The molecule has 0 heterocycles. The molecule has 0 N–H and O–H groups in total. The van der Waals surface area contributed by atoms with Crippen LogP contribution in [0.15, 0.2) is 42.5 Å². The highest BCUT2D eigenvalue weighted by Crippen LogP contribution is 2.39. The molecule has 1 atom stereocenters. The van der Waals surface area contributed by atoms with E-state index < -0.39 is 0 Å². The molecule has 0 fully saturated rings. The topological polar surface area (TPSA) is 9.23 Å². The molecule has 0 spiro atoms. The fraction of sp³-hybridized carbons (Fsp3) is 0.200. The van der Waals surface area contributed by atoms with Crippen LogP contribution in [-0.4, -0.2) is 7.11 Å². The first-order chi connectivity index (χ1) is 8.63. The minimum atomic E-state index is 0.0762. The van der Waals surface area contributed by atoms with Crippen molar-refractivity contribution in [2.45, 2.75) is 11.8 Å². The van der Waals surface area contributed by atoms with Gasteiger partial charge in [0.1, 0.15) is 5.75 Å². The Hall–Kier alpha value is -0.990. The van der Waals surface area contributed by atoms with Crippen LogP contribution in [0, 0.1) is 6.92 Å². The predicted octanol–water partition coefficient (Wildman–Crippen LogP) is 5.14. The third kappa shape index (κ3) is 2.70. The summed E-state index contributed by atoms with van der Waals surface area (Å²) in [7, 11) is 1.67. The molecule has 0 aromatic heterocycles. The molecule has 0 amide bonds. The fourth-order valence-corrected chi connectivity index (χ4v) is 2.99. The zero-order chi connectivity index (χ0) is 13.1. The van der Waals surface area contributed by atoms with Gasteiger partial charge in [-0.15, -0.1) is 0 Å². The predicted molar refractivity (Wildman–Crippen MR) is 80.0 cm³/mol. The molecular weight excluding hydrogens is 312 g/mol. The van der Waals surface area contributed by atoms with E-state index in [1.807, 2.05) is 30.3 Å². The van der Waals surface area contributed by atoms with Crippen LogP contribution in [0.25, 0.3) is 0 Å². The van der Waals surface area contributed by atoms with Gasteiger partial charge >= 0.3 is 0 Å². The fourth-order valence-electron chi connectivity index (χ4n) is 1.94. The van der Waals surface area contributed by atoms with E-state index in [4.69, 9.17) is 16.3 Å². The van der Waals surface area contributed by atoms with Crippen LogP contribution in [0.4, 0.5) is 0 Å². The summed E-state index contributed by atoms with van der Waals surface area (Å²) in [5, 5.41) is 0.712. The lowest BCUT2D eigenvalue weighted by molar-refractivity contribution is 0.410. The van der Waals surface area contributed by atoms with E-state index in [1.165, 1.54) is 11.1 Å². The maximum atomic E-state index is 6.07. The van der Waals surface area contributed by atoms with E-state index in [0.717, 1.165) is 11.3 Å². The highest BCUT2D eigenvalue weighted by atomic mass is 79.9. The molecule has 0 saturated carbocycles. The number of benzene rings is 2. The molecule has 0 saturated heterocycles. The normalized spacial score (nSPS) is 12.2. The van der Waals surface area contributed by atoms with Crippen LogP contribution < -0.4 is 4.74 Å². The molecule has 18 heavy (non-hydrogen) atoms. The number of halogens is 2. The number of aryl methyl sites for hydroxylation is 1. The molecule has 0 aliphatic carbocycles. The summed E-state index contributed by atoms with van der Waals surface area (Å²) < 4.78 is 5.39. The maximum absolute atomic E-state index is 6.07. The monoisotopic (exact) mass is 324 g/mol. The van der Waals surface area contributed by atoms with Crippen molar-refractivity contribution >= 4 is 27.5 Å². The minimum Gasteiger partial charge on any atom is -0.496 e. The summed E-state index contributed by atoms with van der Waals surface area (Å²) in [6.45, 7) is 2.10. The van der Waals surface area contributed by atoms with E-state index in [9.17, 15) is 0 Å². The molecule has 94 valence electrons. The number of methoxy groups -OCH3 is 1. The Morgan fingerprint density at radius 1 is 1.11 bits per heavy atom. The standard InChI is InChI=1S/C15H14BrClO/c1-10-5-3-4-6-12(10)15(16)13-9-11(17)7-8-14(13)18-2/h3-9,15H,1-2H3. The molecule has 0 aliphatic rings. The number of hydrogen-bond donors (Lipinski definition) is 0. The lowest BCUT2D eigenvalue weighted by atomic mass is 10.00. The second kappa shape index (κ2) is 5.77. The van der Waals surface area contributed by atoms with E-state index >= 15 is 0 Å². The summed E-state index contributed by atoms with van der Waals surface area (Å²) in [5.74, 6) is 0.838. The van der Waals surface area contributed by atoms with Crippen molar-refractivity contribution in [3.05, 3.63) is 64.2 Å². The van der Waals surface area contributed by atoms with Crippen molar-refractivity contribution in [3.8, 4) is 5.75 Å². The lowest BCUT2D eigenvalue weighted by Crippen LogP contribution is -1.99. The van der Waals surface area contributed by atoms with Gasteiger partial charge < -0.3 is 4.74 Å².